The molecule has 3 N–H and O–H groups in total. The van der Waals surface area contributed by atoms with Crippen molar-refractivity contribution < 1.29 is 9.90 Å². The number of nitrogens with zero attached hydrogens (tertiary/aromatic N) is 1. The number of phenols is 1. The molecule has 1 aliphatic heterocycles. The average Bonchev–Trinajstić information content (AvgIpc) is 2.67. The van der Waals surface area contributed by atoms with Crippen molar-refractivity contribution in [2.24, 2.45) is 5.92 Å². The number of amides is 1. The van der Waals surface area contributed by atoms with Crippen molar-refractivity contribution in [2.75, 3.05) is 19.6 Å². The van der Waals surface area contributed by atoms with Gasteiger partial charge in [-0.2, -0.15) is 0 Å². The van der Waals surface area contributed by atoms with Crippen molar-refractivity contribution in [1.82, 2.24) is 15.5 Å². The van der Waals surface area contributed by atoms with E-state index in [4.69, 9.17) is 0 Å². The van der Waals surface area contributed by atoms with E-state index < -0.39 is 0 Å². The number of rotatable bonds is 5. The van der Waals surface area contributed by atoms with Gasteiger partial charge >= 0.3 is 0 Å². The molecule has 1 aromatic rings. The zero-order valence-corrected chi connectivity index (χ0v) is 14.9. The normalized spacial score (nSPS) is 25.5. The third-order valence-corrected chi connectivity index (χ3v) is 5.30. The molecule has 0 radical (unpaired) electrons. The highest BCUT2D eigenvalue weighted by Gasteiger charge is 2.29. The number of hydrogen-bond donors (Lipinski definition) is 3. The zero-order valence-electron chi connectivity index (χ0n) is 14.9. The Hall–Kier alpha value is -1.85. The van der Waals surface area contributed by atoms with Crippen molar-refractivity contribution in [2.45, 2.75) is 44.8 Å². The number of benzene rings is 1. The van der Waals surface area contributed by atoms with Gasteiger partial charge in [0.1, 0.15) is 5.75 Å². The number of piperazine rings is 1. The number of aromatic hydroxyl groups is 1. The SMILES string of the molecule is CCC(NC(=O)C1CC=CCC1)N1CCNC(c2ccccc2O)C1. The van der Waals surface area contributed by atoms with Gasteiger partial charge in [0.15, 0.2) is 0 Å². The minimum absolute atomic E-state index is 0.0499. The zero-order chi connectivity index (χ0) is 17.6. The van der Waals surface area contributed by atoms with Crippen molar-refractivity contribution in [3.05, 3.63) is 42.0 Å². The molecular weight excluding hydrogens is 314 g/mol. The average molecular weight is 343 g/mol. The summed E-state index contributed by atoms with van der Waals surface area (Å²) in [4.78, 5) is 14.9. The second-order valence-corrected chi connectivity index (χ2v) is 6.97. The first-order valence-corrected chi connectivity index (χ1v) is 9.39. The predicted octanol–water partition coefficient (Wildman–Crippen LogP) is 2.55. The van der Waals surface area contributed by atoms with E-state index in [0.717, 1.165) is 50.9 Å². The Bertz CT molecular complexity index is 617. The molecule has 5 heteroatoms. The first kappa shape index (κ1) is 18.0. The highest BCUT2D eigenvalue weighted by molar-refractivity contribution is 5.79. The lowest BCUT2D eigenvalue weighted by Gasteiger charge is -2.39. The smallest absolute Gasteiger partial charge is 0.224 e. The van der Waals surface area contributed by atoms with Crippen LogP contribution >= 0.6 is 0 Å². The van der Waals surface area contributed by atoms with E-state index in [1.54, 1.807) is 6.07 Å². The van der Waals surface area contributed by atoms with E-state index in [2.05, 4.69) is 34.6 Å². The minimum atomic E-state index is 0.0499. The van der Waals surface area contributed by atoms with Crippen LogP contribution in [0.15, 0.2) is 36.4 Å². The Morgan fingerprint density at radius 3 is 2.96 bits per heavy atom. The molecule has 136 valence electrons. The summed E-state index contributed by atoms with van der Waals surface area (Å²) in [6.45, 7) is 4.63. The molecule has 1 heterocycles. The molecule has 2 aliphatic rings. The molecule has 3 unspecified atom stereocenters. The molecule has 0 saturated carbocycles. The van der Waals surface area contributed by atoms with E-state index in [1.807, 2.05) is 18.2 Å². The van der Waals surface area contributed by atoms with Gasteiger partial charge in [0.05, 0.1) is 6.17 Å². The van der Waals surface area contributed by atoms with Crippen LogP contribution in [0.1, 0.15) is 44.2 Å². The van der Waals surface area contributed by atoms with Gasteiger partial charge in [-0.1, -0.05) is 37.3 Å². The summed E-state index contributed by atoms with van der Waals surface area (Å²) in [6, 6.07) is 7.56. The fourth-order valence-corrected chi connectivity index (χ4v) is 3.81. The summed E-state index contributed by atoms with van der Waals surface area (Å²) in [6.07, 6.45) is 8.00. The van der Waals surface area contributed by atoms with Crippen LogP contribution in [0.2, 0.25) is 0 Å². The van der Waals surface area contributed by atoms with Gasteiger partial charge in [0, 0.05) is 37.2 Å². The van der Waals surface area contributed by atoms with Crippen LogP contribution in [-0.4, -0.2) is 41.7 Å². The number of carbonyl (C=O) groups excluding carboxylic acids is 1. The third kappa shape index (κ3) is 4.41. The topological polar surface area (TPSA) is 64.6 Å². The van der Waals surface area contributed by atoms with Crippen LogP contribution in [0.25, 0.3) is 0 Å². The fraction of sp³-hybridized carbons (Fsp3) is 0.550. The predicted molar refractivity (Wildman–Crippen MR) is 99.1 cm³/mol. The van der Waals surface area contributed by atoms with Crippen molar-refractivity contribution in [1.29, 1.82) is 0 Å². The Morgan fingerprint density at radius 2 is 2.24 bits per heavy atom. The van der Waals surface area contributed by atoms with Crippen LogP contribution in [-0.2, 0) is 4.79 Å². The molecule has 3 rings (SSSR count). The van der Waals surface area contributed by atoms with Crippen LogP contribution < -0.4 is 10.6 Å². The second-order valence-electron chi connectivity index (χ2n) is 6.97. The lowest BCUT2D eigenvalue weighted by molar-refractivity contribution is -0.127. The fourth-order valence-electron chi connectivity index (χ4n) is 3.81. The number of nitrogens with one attached hydrogen (secondary N) is 2. The number of hydrogen-bond acceptors (Lipinski definition) is 4. The monoisotopic (exact) mass is 343 g/mol. The lowest BCUT2D eigenvalue weighted by atomic mass is 9.93. The number of carbonyl (C=O) groups is 1. The summed E-state index contributed by atoms with van der Waals surface area (Å²) in [5.74, 6) is 0.609. The van der Waals surface area contributed by atoms with Gasteiger partial charge in [-0.25, -0.2) is 0 Å². The summed E-state index contributed by atoms with van der Waals surface area (Å²) in [5.41, 5.74) is 0.922. The molecule has 1 fully saturated rings. The van der Waals surface area contributed by atoms with Gasteiger partial charge in [-0.05, 0) is 31.7 Å². The molecule has 1 aliphatic carbocycles. The largest absolute Gasteiger partial charge is 0.508 e. The van der Waals surface area contributed by atoms with Crippen molar-refractivity contribution in [3.8, 4) is 5.75 Å². The van der Waals surface area contributed by atoms with Crippen LogP contribution in [0.5, 0.6) is 5.75 Å². The maximum absolute atomic E-state index is 12.6. The molecular formula is C20H29N3O2. The Balaban J connectivity index is 1.63. The van der Waals surface area contributed by atoms with Crippen LogP contribution in [0, 0.1) is 5.92 Å². The molecule has 1 saturated heterocycles. The first-order valence-electron chi connectivity index (χ1n) is 9.39. The Labute approximate surface area is 150 Å². The molecule has 0 aromatic heterocycles. The summed E-state index contributed by atoms with van der Waals surface area (Å²) < 4.78 is 0. The quantitative estimate of drug-likeness (QED) is 0.719. The molecule has 3 atom stereocenters. The standard InChI is InChI=1S/C20H29N3O2/c1-2-19(22-20(25)15-8-4-3-5-9-15)23-13-12-21-17(14-23)16-10-6-7-11-18(16)24/h3-4,6-7,10-11,15,17,19,21,24H,2,5,8-9,12-14H2,1H3,(H,22,25). The van der Waals surface area contributed by atoms with Crippen molar-refractivity contribution in [3.63, 3.8) is 0 Å². The van der Waals surface area contributed by atoms with Gasteiger partial charge in [-0.15, -0.1) is 0 Å². The first-order chi connectivity index (χ1) is 12.2. The van der Waals surface area contributed by atoms with E-state index >= 15 is 0 Å². The van der Waals surface area contributed by atoms with Crippen LogP contribution in [0.3, 0.4) is 0 Å². The maximum atomic E-state index is 12.6. The number of phenolic OH excluding ortho intramolecular Hbond substituents is 1. The van der Waals surface area contributed by atoms with Gasteiger partial charge in [0.2, 0.25) is 5.91 Å². The van der Waals surface area contributed by atoms with E-state index in [9.17, 15) is 9.90 Å². The van der Waals surface area contributed by atoms with E-state index in [-0.39, 0.29) is 24.0 Å². The molecule has 25 heavy (non-hydrogen) atoms. The van der Waals surface area contributed by atoms with E-state index in [1.165, 1.54) is 0 Å². The van der Waals surface area contributed by atoms with Gasteiger partial charge in [-0.3, -0.25) is 9.69 Å². The summed E-state index contributed by atoms with van der Waals surface area (Å²) in [7, 11) is 0. The van der Waals surface area contributed by atoms with E-state index in [0.29, 0.717) is 5.75 Å². The number of para-hydroxylation sites is 1. The number of allylic oxidation sites excluding steroid dienone is 2. The summed E-state index contributed by atoms with van der Waals surface area (Å²) >= 11 is 0. The Morgan fingerprint density at radius 1 is 1.40 bits per heavy atom. The minimum Gasteiger partial charge on any atom is -0.508 e. The van der Waals surface area contributed by atoms with Crippen molar-refractivity contribution >= 4 is 5.91 Å². The van der Waals surface area contributed by atoms with Gasteiger partial charge in [0.25, 0.3) is 0 Å². The van der Waals surface area contributed by atoms with Gasteiger partial charge < -0.3 is 15.7 Å². The highest BCUT2D eigenvalue weighted by Crippen LogP contribution is 2.26. The maximum Gasteiger partial charge on any atom is 0.224 e. The molecule has 1 amide bonds. The lowest BCUT2D eigenvalue weighted by Crippen LogP contribution is -2.56. The summed E-state index contributed by atoms with van der Waals surface area (Å²) in [5, 5.41) is 16.9. The highest BCUT2D eigenvalue weighted by atomic mass is 16.3. The Kier molecular flexibility index (Phi) is 6.10. The molecule has 0 spiro atoms. The molecule has 1 aromatic carbocycles. The second kappa shape index (κ2) is 8.50. The van der Waals surface area contributed by atoms with Crippen LogP contribution in [0.4, 0.5) is 0 Å². The third-order valence-electron chi connectivity index (χ3n) is 5.30. The molecule has 5 nitrogen and oxygen atoms in total. The molecule has 0 bridgehead atoms.